The Hall–Kier alpha value is -0.940. The molecule has 2 rings (SSSR count). The Kier molecular flexibility index (Phi) is 3.25. The molecule has 1 aromatic carbocycles. The highest BCUT2D eigenvalue weighted by atomic mass is 79.9. The standard InChI is InChI=1S/C11H11BrN2OS/c12-7-3-4-9(8(5-7)10(13)16)14-11(15)6-1-2-6/h3-6H,1-2H2,(H2,13,16)(H,14,15). The summed E-state index contributed by atoms with van der Waals surface area (Å²) in [5.41, 5.74) is 6.99. The highest BCUT2D eigenvalue weighted by Crippen LogP contribution is 2.31. The minimum absolute atomic E-state index is 0.0554. The monoisotopic (exact) mass is 298 g/mol. The van der Waals surface area contributed by atoms with E-state index in [1.165, 1.54) is 0 Å². The molecule has 16 heavy (non-hydrogen) atoms. The van der Waals surface area contributed by atoms with E-state index in [-0.39, 0.29) is 16.8 Å². The van der Waals surface area contributed by atoms with Crippen molar-refractivity contribution in [2.45, 2.75) is 12.8 Å². The fraction of sp³-hybridized carbons (Fsp3) is 0.273. The highest BCUT2D eigenvalue weighted by molar-refractivity contribution is 9.10. The van der Waals surface area contributed by atoms with Gasteiger partial charge in [-0.15, -0.1) is 0 Å². The molecule has 0 bridgehead atoms. The number of nitrogens with one attached hydrogen (secondary N) is 1. The Morgan fingerprint density at radius 3 is 2.75 bits per heavy atom. The molecule has 1 amide bonds. The van der Waals surface area contributed by atoms with Gasteiger partial charge in [0.25, 0.3) is 0 Å². The lowest BCUT2D eigenvalue weighted by Crippen LogP contribution is -2.18. The van der Waals surface area contributed by atoms with E-state index in [1.54, 1.807) is 6.07 Å². The molecule has 3 N–H and O–H groups in total. The molecule has 1 aliphatic rings. The fourth-order valence-electron chi connectivity index (χ4n) is 1.41. The second-order valence-electron chi connectivity index (χ2n) is 3.82. The van der Waals surface area contributed by atoms with Crippen LogP contribution in [0.3, 0.4) is 0 Å². The molecule has 1 fully saturated rings. The summed E-state index contributed by atoms with van der Waals surface area (Å²) in [5, 5.41) is 2.85. The van der Waals surface area contributed by atoms with E-state index in [1.807, 2.05) is 12.1 Å². The lowest BCUT2D eigenvalue weighted by molar-refractivity contribution is -0.117. The zero-order valence-corrected chi connectivity index (χ0v) is 10.9. The maximum absolute atomic E-state index is 11.6. The number of halogens is 1. The summed E-state index contributed by atoms with van der Waals surface area (Å²) < 4.78 is 0.889. The van der Waals surface area contributed by atoms with Crippen molar-refractivity contribution in [3.63, 3.8) is 0 Å². The number of nitrogens with two attached hydrogens (primary N) is 1. The molecule has 0 atom stereocenters. The van der Waals surface area contributed by atoms with Crippen molar-refractivity contribution in [1.82, 2.24) is 0 Å². The van der Waals surface area contributed by atoms with E-state index in [0.717, 1.165) is 17.3 Å². The summed E-state index contributed by atoms with van der Waals surface area (Å²) in [4.78, 5) is 11.9. The molecule has 5 heteroatoms. The molecule has 0 saturated heterocycles. The van der Waals surface area contributed by atoms with Crippen molar-refractivity contribution < 1.29 is 4.79 Å². The number of hydrogen-bond acceptors (Lipinski definition) is 2. The summed E-state index contributed by atoms with van der Waals surface area (Å²) in [5.74, 6) is 0.225. The van der Waals surface area contributed by atoms with Crippen molar-refractivity contribution >= 4 is 44.7 Å². The number of carbonyl (C=O) groups excluding carboxylic acids is 1. The van der Waals surface area contributed by atoms with Crippen LogP contribution in [0.4, 0.5) is 5.69 Å². The Labute approximate surface area is 108 Å². The number of carbonyl (C=O) groups is 1. The molecular weight excluding hydrogens is 288 g/mol. The molecule has 84 valence electrons. The van der Waals surface area contributed by atoms with Crippen molar-refractivity contribution in [3.8, 4) is 0 Å². The number of thiocarbonyl (C=S) groups is 1. The topological polar surface area (TPSA) is 55.1 Å². The second-order valence-corrected chi connectivity index (χ2v) is 5.17. The first-order valence-electron chi connectivity index (χ1n) is 4.98. The molecule has 3 nitrogen and oxygen atoms in total. The number of rotatable bonds is 3. The van der Waals surface area contributed by atoms with Gasteiger partial charge in [0.2, 0.25) is 5.91 Å². The van der Waals surface area contributed by atoms with Crippen LogP contribution in [-0.4, -0.2) is 10.9 Å². The lowest BCUT2D eigenvalue weighted by Gasteiger charge is -2.10. The summed E-state index contributed by atoms with van der Waals surface area (Å²) in [6, 6.07) is 5.47. The molecule has 0 aliphatic heterocycles. The minimum atomic E-state index is 0.0554. The Morgan fingerprint density at radius 1 is 1.50 bits per heavy atom. The van der Waals surface area contributed by atoms with Crippen LogP contribution < -0.4 is 11.1 Å². The van der Waals surface area contributed by atoms with Gasteiger partial charge in [0.05, 0.1) is 5.69 Å². The van der Waals surface area contributed by atoms with Crippen LogP contribution in [0, 0.1) is 5.92 Å². The number of anilines is 1. The average Bonchev–Trinajstić information content (AvgIpc) is 3.03. The predicted octanol–water partition coefficient (Wildman–Crippen LogP) is 2.43. The van der Waals surface area contributed by atoms with Crippen LogP contribution >= 0.6 is 28.1 Å². The normalized spacial score (nSPS) is 14.6. The second kappa shape index (κ2) is 4.51. The van der Waals surface area contributed by atoms with Crippen molar-refractivity contribution in [1.29, 1.82) is 0 Å². The zero-order chi connectivity index (χ0) is 11.7. The van der Waals surface area contributed by atoms with Gasteiger partial charge < -0.3 is 11.1 Å². The quantitative estimate of drug-likeness (QED) is 0.843. The molecule has 0 aromatic heterocycles. The smallest absolute Gasteiger partial charge is 0.227 e. The van der Waals surface area contributed by atoms with E-state index < -0.39 is 0 Å². The first-order chi connectivity index (χ1) is 7.58. The van der Waals surface area contributed by atoms with Crippen molar-refractivity contribution in [3.05, 3.63) is 28.2 Å². The van der Waals surface area contributed by atoms with Gasteiger partial charge in [-0.2, -0.15) is 0 Å². The SMILES string of the molecule is NC(=S)c1cc(Br)ccc1NC(=O)C1CC1. The van der Waals surface area contributed by atoms with E-state index >= 15 is 0 Å². The van der Waals surface area contributed by atoms with Crippen LogP contribution in [0.25, 0.3) is 0 Å². The van der Waals surface area contributed by atoms with Crippen LogP contribution in [0.2, 0.25) is 0 Å². The lowest BCUT2D eigenvalue weighted by atomic mass is 10.1. The summed E-state index contributed by atoms with van der Waals surface area (Å²) in [7, 11) is 0. The van der Waals surface area contributed by atoms with E-state index in [0.29, 0.717) is 11.3 Å². The summed E-state index contributed by atoms with van der Waals surface area (Å²) in [6.07, 6.45) is 1.95. The van der Waals surface area contributed by atoms with Gasteiger partial charge in [-0.3, -0.25) is 4.79 Å². The molecule has 1 aliphatic carbocycles. The third-order valence-corrected chi connectivity index (χ3v) is 3.17. The molecular formula is C11H11BrN2OS. The van der Waals surface area contributed by atoms with Gasteiger partial charge in [0.15, 0.2) is 0 Å². The van der Waals surface area contributed by atoms with Crippen LogP contribution in [0.15, 0.2) is 22.7 Å². The number of benzene rings is 1. The van der Waals surface area contributed by atoms with Gasteiger partial charge in [-0.1, -0.05) is 28.1 Å². The van der Waals surface area contributed by atoms with Gasteiger partial charge >= 0.3 is 0 Å². The van der Waals surface area contributed by atoms with Crippen LogP contribution in [0.5, 0.6) is 0 Å². The largest absolute Gasteiger partial charge is 0.389 e. The molecule has 0 heterocycles. The third-order valence-electron chi connectivity index (χ3n) is 2.45. The number of amides is 1. The Bertz CT molecular complexity index is 457. The maximum atomic E-state index is 11.6. The van der Waals surface area contributed by atoms with Gasteiger partial charge in [-0.05, 0) is 31.0 Å². The molecule has 0 spiro atoms. The Morgan fingerprint density at radius 2 is 2.19 bits per heavy atom. The summed E-state index contributed by atoms with van der Waals surface area (Å²) in [6.45, 7) is 0. The molecule has 1 saturated carbocycles. The van der Waals surface area contributed by atoms with E-state index in [2.05, 4.69) is 21.2 Å². The predicted molar refractivity (Wildman–Crippen MR) is 71.4 cm³/mol. The van der Waals surface area contributed by atoms with Gasteiger partial charge in [-0.25, -0.2) is 0 Å². The molecule has 1 aromatic rings. The van der Waals surface area contributed by atoms with Crippen LogP contribution in [0.1, 0.15) is 18.4 Å². The first-order valence-corrected chi connectivity index (χ1v) is 6.18. The van der Waals surface area contributed by atoms with E-state index in [4.69, 9.17) is 18.0 Å². The first kappa shape index (κ1) is 11.5. The average molecular weight is 299 g/mol. The van der Waals surface area contributed by atoms with E-state index in [9.17, 15) is 4.79 Å². The van der Waals surface area contributed by atoms with Gasteiger partial charge in [0, 0.05) is 16.0 Å². The highest BCUT2D eigenvalue weighted by Gasteiger charge is 2.30. The molecule has 0 unspecified atom stereocenters. The maximum Gasteiger partial charge on any atom is 0.227 e. The minimum Gasteiger partial charge on any atom is -0.389 e. The summed E-state index contributed by atoms with van der Waals surface area (Å²) >= 11 is 8.29. The van der Waals surface area contributed by atoms with Crippen molar-refractivity contribution in [2.75, 3.05) is 5.32 Å². The van der Waals surface area contributed by atoms with Gasteiger partial charge in [0.1, 0.15) is 4.99 Å². The van der Waals surface area contributed by atoms with Crippen molar-refractivity contribution in [2.24, 2.45) is 11.7 Å². The third kappa shape index (κ3) is 2.59. The van der Waals surface area contributed by atoms with Crippen LogP contribution in [-0.2, 0) is 4.79 Å². The zero-order valence-electron chi connectivity index (χ0n) is 8.50. The number of hydrogen-bond donors (Lipinski definition) is 2. The molecule has 0 radical (unpaired) electrons. The Balaban J connectivity index is 2.24. The fourth-order valence-corrected chi connectivity index (χ4v) is 1.94.